The van der Waals surface area contributed by atoms with Gasteiger partial charge in [-0.05, 0) is 186 Å². The summed E-state index contributed by atoms with van der Waals surface area (Å²) in [5, 5.41) is 97.6. The van der Waals surface area contributed by atoms with Crippen LogP contribution >= 0.6 is 58.9 Å². The first-order valence-corrected chi connectivity index (χ1v) is 48.4. The van der Waals surface area contributed by atoms with E-state index in [1.807, 2.05) is 146 Å². The molecule has 27 N–H and O–H groups in total. The van der Waals surface area contributed by atoms with Gasteiger partial charge >= 0.3 is 18.2 Å². The van der Waals surface area contributed by atoms with Gasteiger partial charge in [0.1, 0.15) is 36.2 Å². The summed E-state index contributed by atoms with van der Waals surface area (Å²) in [4.78, 5) is 118. The summed E-state index contributed by atoms with van der Waals surface area (Å²) in [5.74, 6) is -0.684. The van der Waals surface area contributed by atoms with Crippen LogP contribution in [0.1, 0.15) is 142 Å². The van der Waals surface area contributed by atoms with E-state index in [0.717, 1.165) is 111 Å². The van der Waals surface area contributed by atoms with Crippen LogP contribution < -0.4 is 79.9 Å². The Morgan fingerprint density at radius 3 is 1.02 bits per heavy atom. The van der Waals surface area contributed by atoms with E-state index in [2.05, 4.69) is 51.5 Å². The van der Waals surface area contributed by atoms with Gasteiger partial charge in [0.05, 0.1) is 59.5 Å². The number of hydrogen-bond acceptors (Lipinski definition) is 37. The van der Waals surface area contributed by atoms with Crippen molar-refractivity contribution in [2.24, 2.45) is 16.5 Å². The largest absolute Gasteiger partial charge is 0.484 e. The molecule has 8 rings (SSSR count). The second-order valence-corrected chi connectivity index (χ2v) is 31.6. The van der Waals surface area contributed by atoms with Crippen molar-refractivity contribution in [1.29, 1.82) is 5.41 Å². The zero-order chi connectivity index (χ0) is 106. The number of aromatic nitrogens is 4. The van der Waals surface area contributed by atoms with Crippen molar-refractivity contribution in [3.63, 3.8) is 0 Å². The van der Waals surface area contributed by atoms with Crippen molar-refractivity contribution >= 4 is 141 Å². The summed E-state index contributed by atoms with van der Waals surface area (Å²) in [7, 11) is 0. The number of rotatable bonds is 54. The van der Waals surface area contributed by atoms with Gasteiger partial charge in [-0.1, -0.05) is 166 Å². The van der Waals surface area contributed by atoms with E-state index < -0.39 is 24.0 Å². The Morgan fingerprint density at radius 2 is 0.716 bits per heavy atom. The predicted molar refractivity (Wildman–Crippen MR) is 587 cm³/mol. The third-order valence-corrected chi connectivity index (χ3v) is 20.1. The Balaban J connectivity index is -0.00000175. The molecule has 48 heteroatoms. The minimum atomic E-state index is -0.693. The number of hydrogen-bond donors (Lipinski definition) is 21. The smallest absolute Gasteiger partial charge is 0.407 e. The van der Waals surface area contributed by atoms with Crippen LogP contribution in [0.3, 0.4) is 0 Å². The zero-order valence-corrected chi connectivity index (χ0v) is 86.7. The highest BCUT2D eigenvalue weighted by Crippen LogP contribution is 2.22. The third kappa shape index (κ3) is 65.3. The number of nitrogens with two attached hydrogens (primary N) is 6. The number of ether oxygens (including phenoxy) is 7. The molecule has 0 spiro atoms. The van der Waals surface area contributed by atoms with Gasteiger partial charge in [-0.3, -0.25) is 39.7 Å². The van der Waals surface area contributed by atoms with Gasteiger partial charge in [0.2, 0.25) is 0 Å². The number of alkyl carbamates (subject to hydrolysis) is 2. The number of carbonyl (C=O) groups is 8. The molecule has 826 valence electrons. The number of amidine groups is 1. The molecule has 0 aliphatic heterocycles. The molecule has 0 saturated heterocycles. The van der Waals surface area contributed by atoms with Gasteiger partial charge in [0.15, 0.2) is 82.5 Å². The number of amides is 7. The molecule has 44 nitrogen and oxygen atoms in total. The lowest BCUT2D eigenvalue weighted by Gasteiger charge is -2.20. The Labute approximate surface area is 898 Å². The summed E-state index contributed by atoms with van der Waals surface area (Å²) in [6.07, 6.45) is 11.6. The van der Waals surface area contributed by atoms with E-state index in [0.29, 0.717) is 68.9 Å². The monoisotopic (exact) mass is 2250 g/mol. The van der Waals surface area contributed by atoms with Crippen LogP contribution in [0, 0.1) is 5.41 Å². The molecule has 0 saturated carbocycles. The fraction of sp³-hybridized carbons (Fsp3) is 0.460. The Morgan fingerprint density at radius 1 is 0.405 bits per heavy atom. The van der Waals surface area contributed by atoms with E-state index in [1.165, 1.54) is 25.8 Å². The summed E-state index contributed by atoms with van der Waals surface area (Å²) >= 11 is 12.4. The molecule has 2 heterocycles. The summed E-state index contributed by atoms with van der Waals surface area (Å²) in [5.41, 5.74) is 39.3. The van der Waals surface area contributed by atoms with E-state index >= 15 is 0 Å². The number of nitrogens with one attached hydrogen (secondary N) is 6. The minimum absolute atomic E-state index is 0. The number of nitrogens with zero attached hydrogens (tertiary/aromatic N) is 8. The zero-order valence-electron chi connectivity index (χ0n) is 82.1. The number of aliphatic hydroxyl groups is 9. The molecule has 0 atom stereocenters. The van der Waals surface area contributed by atoms with Crippen LogP contribution in [0.5, 0.6) is 23.0 Å². The number of benzene rings is 6. The molecular formula is C100H155Cl2IN20O24S. The molecule has 0 fully saturated rings. The summed E-state index contributed by atoms with van der Waals surface area (Å²) in [6.45, 7) is 7.76. The first-order valence-electron chi connectivity index (χ1n) is 46.4. The van der Waals surface area contributed by atoms with E-state index in [4.69, 9.17) is 142 Å². The van der Waals surface area contributed by atoms with Crippen molar-refractivity contribution in [3.8, 4) is 23.0 Å². The standard InChI is InChI=1S/C24H32N2O6.C22H31ClN8O5.C22H27NO5.C16H26N2O4.C7H9ClN6OS.C4H11NO2.C2H6O.3CH4.HI/c27-16-14-26(15-17-28)23(29)19-31-22-11-9-20(10-12-22)6-4-5-13-25-24(30)32-18-21-7-2-1-3-8-21;23-18-20(25)29-19(24)17(28-18)21(35)30-22(26)27-8-2-1-3-14-4-6-15(7-5-14)36-13-16(34)31(9-11-32)10-12-33;1-2-26-21(24)17-27-20-13-11-18(12-14-20)8-6-7-15-23-22(25)28-16-19-9-4-3-5-10-19;17-8-2-1-3-14-4-6-15(7-5-14)22-13-16(21)18(9-11-19)10-12-20;1-16-7(11)14-6(15)2-4(9)13-5(10)3(8)12-2;6-3-1-5-2-4-7;1-2-3;;;;/h1-3,7-12,27-28H,4-6,13-19H2,(H,25,30);4-7,32-33H,1-3,8-13H2,(H4,24,25,29)(H3,26,27,30,35);3-5,9-14H,2,6-8,15-17H2,1H3,(H,23,25);4-7,19-20H,1-3,8-13,17H2;1H3,(H4,9,10,13)(H2,11,14,15);5-7H,1-4H2;3H,2H2,1H3;3*1H4;1H. The number of guanidine groups is 1. The lowest BCUT2D eigenvalue weighted by atomic mass is 10.1. The highest BCUT2D eigenvalue weighted by atomic mass is 127. The Bertz CT molecular complexity index is 4920. The highest BCUT2D eigenvalue weighted by Gasteiger charge is 2.21. The maximum Gasteiger partial charge on any atom is 0.407 e. The third-order valence-electron chi connectivity index (χ3n) is 19.0. The predicted octanol–water partition coefficient (Wildman–Crippen LogP) is 7.13. The van der Waals surface area contributed by atoms with E-state index in [9.17, 15) is 38.4 Å². The first kappa shape index (κ1) is 140. The number of esters is 1. The van der Waals surface area contributed by atoms with Crippen LogP contribution in [-0.4, -0.2) is 317 Å². The normalized spacial score (nSPS) is 10.1. The lowest BCUT2D eigenvalue weighted by molar-refractivity contribution is -0.145. The molecule has 2 aromatic heterocycles. The fourth-order valence-corrected chi connectivity index (χ4v) is 12.2. The average molecular weight is 2250 g/mol. The molecule has 0 unspecified atom stereocenters. The van der Waals surface area contributed by atoms with Gasteiger partial charge in [-0.25, -0.2) is 34.3 Å². The quantitative estimate of drug-likeness (QED) is 0.00450. The minimum Gasteiger partial charge on any atom is -0.484 e. The molecule has 148 heavy (non-hydrogen) atoms. The lowest BCUT2D eigenvalue weighted by Crippen LogP contribution is -2.38. The molecule has 7 amide bonds. The maximum absolute atomic E-state index is 12.2. The Kier molecular flexibility index (Phi) is 83.7. The van der Waals surface area contributed by atoms with Crippen molar-refractivity contribution in [2.75, 3.05) is 200 Å². The molecule has 0 aliphatic carbocycles. The number of carbonyl (C=O) groups excluding carboxylic acids is 8. The maximum atomic E-state index is 12.2. The second-order valence-electron chi connectivity index (χ2n) is 30.1. The number of aliphatic hydroxyl groups excluding tert-OH is 9. The highest BCUT2D eigenvalue weighted by molar-refractivity contribution is 14.0. The fourth-order valence-electron chi connectivity index (χ4n) is 11.8. The number of nitrogen functional groups attached to an aromatic ring is 4. The van der Waals surface area contributed by atoms with Gasteiger partial charge in [0.25, 0.3) is 29.5 Å². The number of anilines is 4. The van der Waals surface area contributed by atoms with Gasteiger partial charge in [-0.15, -0.1) is 24.0 Å². The average Bonchev–Trinajstić information content (AvgIpc) is 0.837. The van der Waals surface area contributed by atoms with Crippen LogP contribution in [0.2, 0.25) is 10.3 Å². The summed E-state index contributed by atoms with van der Waals surface area (Å²) < 4.78 is 37.0. The van der Waals surface area contributed by atoms with Crippen molar-refractivity contribution < 1.29 is 117 Å². The molecule has 6 aromatic carbocycles. The number of unbranched alkanes of at least 4 members (excludes halogenated alkanes) is 4. The summed E-state index contributed by atoms with van der Waals surface area (Å²) in [6, 6.07) is 49.3. The van der Waals surface area contributed by atoms with Gasteiger partial charge < -0.3 is 149 Å². The van der Waals surface area contributed by atoms with Crippen molar-refractivity contribution in [2.45, 2.75) is 126 Å². The first-order chi connectivity index (χ1) is 69.5. The molecular weight excluding hydrogens is 2100 g/mol. The molecule has 8 aromatic rings. The molecule has 0 bridgehead atoms. The van der Waals surface area contributed by atoms with Crippen LogP contribution in [0.15, 0.2) is 163 Å². The Hall–Kier alpha value is -12.4. The topological polar surface area (TPSA) is 697 Å². The molecule has 0 aliphatic rings. The van der Waals surface area contributed by atoms with E-state index in [1.54, 1.807) is 32.2 Å². The number of halogens is 3. The van der Waals surface area contributed by atoms with Crippen molar-refractivity contribution in [1.82, 2.24) is 61.2 Å². The number of aryl methyl sites for hydroxylation is 4. The van der Waals surface area contributed by atoms with Crippen LogP contribution in [0.25, 0.3) is 0 Å². The number of thioether (sulfide) groups is 1. The van der Waals surface area contributed by atoms with Gasteiger partial charge in [-0.2, -0.15) is 0 Å². The van der Waals surface area contributed by atoms with Gasteiger partial charge in [0, 0.05) is 78.6 Å². The number of aliphatic imine (C=N–C) groups is 1. The van der Waals surface area contributed by atoms with Crippen LogP contribution in [0.4, 0.5) is 32.9 Å². The van der Waals surface area contributed by atoms with E-state index in [-0.39, 0.29) is 264 Å². The second kappa shape index (κ2) is 88.7. The van der Waals surface area contributed by atoms with Crippen LogP contribution in [-0.2, 0) is 72.3 Å². The molecule has 0 radical (unpaired) electrons. The SMILES string of the molecule is C.C.C.CCO.CCOC(=O)COc1ccc(CCCCNC(=O)OCc2ccccc2)cc1.CSC(=N)NC(=O)c1nc(Cl)c(N)nc1N.I.NC(=NCCCCc1ccc(OCC(=O)N(CCO)CCO)cc1)NC(=O)c1nc(Cl)c(N)nc1N.NCCCCc1ccc(OCC(=O)N(CCO)CCO)cc1.O=C(NCCCCc1ccc(OCC(=O)N(CCO)CCO)cc1)OCc1ccccc1.OCCNCCO. The van der Waals surface area contributed by atoms with Crippen molar-refractivity contribution in [3.05, 3.63) is 213 Å².